The number of rotatable bonds is 3. The molecule has 0 aliphatic carbocycles. The summed E-state index contributed by atoms with van der Waals surface area (Å²) in [4.78, 5) is 0. The highest BCUT2D eigenvalue weighted by Crippen LogP contribution is 2.17. The molecule has 0 atom stereocenters. The van der Waals surface area contributed by atoms with Crippen LogP contribution in [0.15, 0.2) is 47.6 Å². The predicted octanol–water partition coefficient (Wildman–Crippen LogP) is 3.46. The molecule has 0 saturated carbocycles. The van der Waals surface area contributed by atoms with Crippen molar-refractivity contribution in [1.82, 2.24) is 0 Å². The molecule has 0 aliphatic heterocycles. The molecule has 0 heterocycles. The van der Waals surface area contributed by atoms with Crippen LogP contribution >= 0.6 is 0 Å². The molecule has 0 saturated heterocycles. The van der Waals surface area contributed by atoms with Crippen LogP contribution in [0.25, 0.3) is 0 Å². The monoisotopic (exact) mass is 240 g/mol. The third-order valence-corrected chi connectivity index (χ3v) is 2.72. The SMILES string of the molecule is Cc1ccc(C)c(N/N=C/c2ccccc2O)c1. The van der Waals surface area contributed by atoms with Crippen LogP contribution in [0.3, 0.4) is 0 Å². The van der Waals surface area contributed by atoms with Gasteiger partial charge in [-0.1, -0.05) is 24.3 Å². The maximum atomic E-state index is 9.59. The van der Waals surface area contributed by atoms with Gasteiger partial charge in [-0.15, -0.1) is 0 Å². The number of hydrogen-bond donors (Lipinski definition) is 2. The molecule has 0 spiro atoms. The molecule has 3 heteroatoms. The van der Waals surface area contributed by atoms with E-state index in [0.29, 0.717) is 5.56 Å². The van der Waals surface area contributed by atoms with E-state index in [1.807, 2.05) is 38.1 Å². The van der Waals surface area contributed by atoms with E-state index in [-0.39, 0.29) is 5.75 Å². The van der Waals surface area contributed by atoms with Crippen molar-refractivity contribution in [2.45, 2.75) is 13.8 Å². The van der Waals surface area contributed by atoms with Crippen molar-refractivity contribution in [3.63, 3.8) is 0 Å². The van der Waals surface area contributed by atoms with E-state index < -0.39 is 0 Å². The molecular weight excluding hydrogens is 224 g/mol. The van der Waals surface area contributed by atoms with Gasteiger partial charge in [-0.05, 0) is 43.2 Å². The number of anilines is 1. The summed E-state index contributed by atoms with van der Waals surface area (Å²) >= 11 is 0. The van der Waals surface area contributed by atoms with E-state index in [2.05, 4.69) is 16.6 Å². The summed E-state index contributed by atoms with van der Waals surface area (Å²) in [5.41, 5.74) is 6.97. The summed E-state index contributed by atoms with van der Waals surface area (Å²) in [7, 11) is 0. The summed E-state index contributed by atoms with van der Waals surface area (Å²) in [6.07, 6.45) is 1.61. The summed E-state index contributed by atoms with van der Waals surface area (Å²) in [6, 6.07) is 13.2. The largest absolute Gasteiger partial charge is 0.507 e. The molecule has 0 fully saturated rings. The fourth-order valence-corrected chi connectivity index (χ4v) is 1.62. The lowest BCUT2D eigenvalue weighted by Crippen LogP contribution is -1.94. The lowest BCUT2D eigenvalue weighted by Gasteiger charge is -2.05. The molecule has 0 amide bonds. The lowest BCUT2D eigenvalue weighted by atomic mass is 10.1. The van der Waals surface area contributed by atoms with E-state index in [1.54, 1.807) is 18.3 Å². The molecular formula is C15H16N2O. The minimum absolute atomic E-state index is 0.226. The zero-order chi connectivity index (χ0) is 13.0. The number of phenolic OH excluding ortho intramolecular Hbond substituents is 1. The van der Waals surface area contributed by atoms with Crippen molar-refractivity contribution in [2.75, 3.05) is 5.43 Å². The lowest BCUT2D eigenvalue weighted by molar-refractivity contribution is 0.474. The number of benzene rings is 2. The van der Waals surface area contributed by atoms with E-state index in [9.17, 15) is 5.11 Å². The van der Waals surface area contributed by atoms with Gasteiger partial charge in [0.1, 0.15) is 5.75 Å². The first-order valence-corrected chi connectivity index (χ1v) is 5.81. The standard InChI is InChI=1S/C15H16N2O/c1-11-7-8-12(2)14(9-11)17-16-10-13-5-3-4-6-15(13)18/h3-10,17-18H,1-2H3/b16-10+. The van der Waals surface area contributed by atoms with Crippen LogP contribution in [-0.2, 0) is 0 Å². The van der Waals surface area contributed by atoms with Crippen LogP contribution in [0.2, 0.25) is 0 Å². The number of nitrogens with one attached hydrogen (secondary N) is 1. The topological polar surface area (TPSA) is 44.6 Å². The van der Waals surface area contributed by atoms with Gasteiger partial charge in [0, 0.05) is 5.56 Å². The van der Waals surface area contributed by atoms with Gasteiger partial charge < -0.3 is 5.11 Å². The highest BCUT2D eigenvalue weighted by atomic mass is 16.3. The smallest absolute Gasteiger partial charge is 0.124 e. The van der Waals surface area contributed by atoms with Gasteiger partial charge in [-0.3, -0.25) is 5.43 Å². The molecule has 2 aromatic carbocycles. The van der Waals surface area contributed by atoms with Gasteiger partial charge >= 0.3 is 0 Å². The first-order chi connectivity index (χ1) is 8.66. The van der Waals surface area contributed by atoms with Gasteiger partial charge in [-0.25, -0.2) is 0 Å². The molecule has 2 N–H and O–H groups in total. The summed E-state index contributed by atoms with van der Waals surface area (Å²) < 4.78 is 0. The average Bonchev–Trinajstić information content (AvgIpc) is 2.36. The minimum Gasteiger partial charge on any atom is -0.507 e. The van der Waals surface area contributed by atoms with E-state index in [1.165, 1.54) is 5.56 Å². The van der Waals surface area contributed by atoms with Gasteiger partial charge in [0.25, 0.3) is 0 Å². The molecule has 0 radical (unpaired) electrons. The van der Waals surface area contributed by atoms with Gasteiger partial charge in [0.05, 0.1) is 11.9 Å². The third kappa shape index (κ3) is 2.88. The van der Waals surface area contributed by atoms with Crippen molar-refractivity contribution < 1.29 is 5.11 Å². The Kier molecular flexibility index (Phi) is 3.63. The fourth-order valence-electron chi connectivity index (χ4n) is 1.62. The Morgan fingerprint density at radius 2 is 1.89 bits per heavy atom. The molecule has 2 rings (SSSR count). The van der Waals surface area contributed by atoms with Crippen LogP contribution in [0, 0.1) is 13.8 Å². The second-order valence-corrected chi connectivity index (χ2v) is 4.25. The maximum Gasteiger partial charge on any atom is 0.124 e. The van der Waals surface area contributed by atoms with E-state index in [4.69, 9.17) is 0 Å². The Morgan fingerprint density at radius 1 is 1.11 bits per heavy atom. The van der Waals surface area contributed by atoms with Gasteiger partial charge in [-0.2, -0.15) is 5.10 Å². The van der Waals surface area contributed by atoms with Crippen molar-refractivity contribution in [2.24, 2.45) is 5.10 Å². The van der Waals surface area contributed by atoms with Crippen LogP contribution in [0.1, 0.15) is 16.7 Å². The Bertz CT molecular complexity index is 576. The normalized spacial score (nSPS) is 10.8. The summed E-state index contributed by atoms with van der Waals surface area (Å²) in [5.74, 6) is 0.226. The minimum atomic E-state index is 0.226. The third-order valence-electron chi connectivity index (χ3n) is 2.72. The maximum absolute atomic E-state index is 9.59. The van der Waals surface area contributed by atoms with Crippen LogP contribution in [0.4, 0.5) is 5.69 Å². The molecule has 0 unspecified atom stereocenters. The molecule has 3 nitrogen and oxygen atoms in total. The number of para-hydroxylation sites is 1. The Hall–Kier alpha value is -2.29. The van der Waals surface area contributed by atoms with Crippen molar-refractivity contribution >= 4 is 11.9 Å². The molecule has 92 valence electrons. The Morgan fingerprint density at radius 3 is 2.67 bits per heavy atom. The number of aryl methyl sites for hydroxylation is 2. The van der Waals surface area contributed by atoms with Crippen LogP contribution in [-0.4, -0.2) is 11.3 Å². The molecule has 18 heavy (non-hydrogen) atoms. The Labute approximate surface area is 107 Å². The second-order valence-electron chi connectivity index (χ2n) is 4.25. The predicted molar refractivity (Wildman–Crippen MR) is 75.2 cm³/mol. The van der Waals surface area contributed by atoms with E-state index in [0.717, 1.165) is 11.3 Å². The van der Waals surface area contributed by atoms with Crippen molar-refractivity contribution in [3.05, 3.63) is 59.2 Å². The van der Waals surface area contributed by atoms with E-state index >= 15 is 0 Å². The zero-order valence-electron chi connectivity index (χ0n) is 10.5. The number of aromatic hydroxyl groups is 1. The first kappa shape index (κ1) is 12.2. The first-order valence-electron chi connectivity index (χ1n) is 5.81. The number of phenols is 1. The Balaban J connectivity index is 2.12. The van der Waals surface area contributed by atoms with Gasteiger partial charge in [0.15, 0.2) is 0 Å². The van der Waals surface area contributed by atoms with Crippen LogP contribution < -0.4 is 5.43 Å². The second kappa shape index (κ2) is 5.36. The highest BCUT2D eigenvalue weighted by molar-refractivity contribution is 5.83. The van der Waals surface area contributed by atoms with Gasteiger partial charge in [0.2, 0.25) is 0 Å². The quantitative estimate of drug-likeness (QED) is 0.637. The summed E-state index contributed by atoms with van der Waals surface area (Å²) in [5, 5.41) is 13.7. The number of hydrogen-bond acceptors (Lipinski definition) is 3. The molecule has 2 aromatic rings. The highest BCUT2D eigenvalue weighted by Gasteiger charge is 1.97. The fraction of sp³-hybridized carbons (Fsp3) is 0.133. The molecule has 0 aromatic heterocycles. The average molecular weight is 240 g/mol. The molecule has 0 aliphatic rings. The number of nitrogens with zero attached hydrogens (tertiary/aromatic N) is 1. The van der Waals surface area contributed by atoms with Crippen LogP contribution in [0.5, 0.6) is 5.75 Å². The summed E-state index contributed by atoms with van der Waals surface area (Å²) in [6.45, 7) is 4.06. The van der Waals surface area contributed by atoms with Crippen molar-refractivity contribution in [1.29, 1.82) is 0 Å². The zero-order valence-corrected chi connectivity index (χ0v) is 10.5. The molecule has 0 bridgehead atoms. The van der Waals surface area contributed by atoms with Crippen molar-refractivity contribution in [3.8, 4) is 5.75 Å². The number of hydrazone groups is 1.